The summed E-state index contributed by atoms with van der Waals surface area (Å²) in [5.74, 6) is -1.38. The number of hydrogen-bond donors (Lipinski definition) is 0. The van der Waals surface area contributed by atoms with E-state index in [-0.39, 0.29) is 17.2 Å². The molecule has 1 aromatic rings. The number of hydrogen-bond acceptors (Lipinski definition) is 2. The Morgan fingerprint density at radius 3 is 2.79 bits per heavy atom. The summed E-state index contributed by atoms with van der Waals surface area (Å²) in [6.07, 6.45) is 0. The van der Waals surface area contributed by atoms with E-state index < -0.39 is 11.6 Å². The number of halogens is 3. The zero-order chi connectivity index (χ0) is 10.7. The molecule has 0 radical (unpaired) electrons. The van der Waals surface area contributed by atoms with Crippen LogP contribution in [0.3, 0.4) is 0 Å². The second-order valence-electron chi connectivity index (χ2n) is 2.50. The van der Waals surface area contributed by atoms with Gasteiger partial charge in [-0.15, -0.1) is 11.6 Å². The molecule has 0 spiro atoms. The van der Waals surface area contributed by atoms with Gasteiger partial charge in [-0.2, -0.15) is 0 Å². The largest absolute Gasteiger partial charge is 0.492 e. The van der Waals surface area contributed by atoms with E-state index in [0.29, 0.717) is 4.47 Å². The molecule has 0 N–H and O–H groups in total. The van der Waals surface area contributed by atoms with Crippen molar-refractivity contribution in [3.05, 3.63) is 28.0 Å². The van der Waals surface area contributed by atoms with Gasteiger partial charge >= 0.3 is 0 Å². The van der Waals surface area contributed by atoms with Crippen LogP contribution in [-0.2, 0) is 0 Å². The Morgan fingerprint density at radius 1 is 1.64 bits per heavy atom. The lowest BCUT2D eigenvalue weighted by molar-refractivity contribution is 0.101. The molecule has 0 atom stereocenters. The molecule has 0 aliphatic carbocycles. The number of carbonyl (C=O) groups is 1. The van der Waals surface area contributed by atoms with Crippen molar-refractivity contribution in [3.63, 3.8) is 0 Å². The maximum absolute atomic E-state index is 13.5. The molecule has 76 valence electrons. The smallest absolute Gasteiger partial charge is 0.180 e. The maximum atomic E-state index is 13.5. The number of ether oxygens (including phenoxy) is 1. The Kier molecular flexibility index (Phi) is 3.89. The standard InChI is InChI=1S/C9H7BrClFO2/c1-14-9-6(10)3-2-5(8(9)12)7(13)4-11/h2-3H,4H2,1H3. The minimum absolute atomic E-state index is 0.0148. The van der Waals surface area contributed by atoms with Crippen LogP contribution in [0.2, 0.25) is 0 Å². The highest BCUT2D eigenvalue weighted by atomic mass is 79.9. The summed E-state index contributed by atoms with van der Waals surface area (Å²) in [6, 6.07) is 2.91. The zero-order valence-electron chi connectivity index (χ0n) is 7.31. The molecule has 0 aromatic heterocycles. The summed E-state index contributed by atoms with van der Waals surface area (Å²) in [5, 5.41) is 0. The van der Waals surface area contributed by atoms with E-state index in [4.69, 9.17) is 16.3 Å². The average Bonchev–Trinajstić information content (AvgIpc) is 2.18. The molecular weight excluding hydrogens is 274 g/mol. The summed E-state index contributed by atoms with van der Waals surface area (Å²) in [7, 11) is 1.33. The van der Waals surface area contributed by atoms with Gasteiger partial charge in [-0.25, -0.2) is 4.39 Å². The third kappa shape index (κ3) is 2.07. The molecule has 0 unspecified atom stereocenters. The van der Waals surface area contributed by atoms with Crippen LogP contribution in [0.15, 0.2) is 16.6 Å². The lowest BCUT2D eigenvalue weighted by Gasteiger charge is -2.07. The van der Waals surface area contributed by atoms with Crippen LogP contribution in [0, 0.1) is 5.82 Å². The number of ketones is 1. The van der Waals surface area contributed by atoms with E-state index in [0.717, 1.165) is 0 Å². The Bertz CT molecular complexity index is 368. The van der Waals surface area contributed by atoms with Gasteiger partial charge in [-0.05, 0) is 28.1 Å². The first kappa shape index (κ1) is 11.5. The highest BCUT2D eigenvalue weighted by Gasteiger charge is 2.17. The van der Waals surface area contributed by atoms with Crippen LogP contribution < -0.4 is 4.74 Å². The van der Waals surface area contributed by atoms with Crippen molar-refractivity contribution in [1.29, 1.82) is 0 Å². The first-order chi connectivity index (χ1) is 6.61. The molecule has 0 heterocycles. The number of benzene rings is 1. The van der Waals surface area contributed by atoms with Crippen molar-refractivity contribution >= 4 is 33.3 Å². The van der Waals surface area contributed by atoms with Crippen LogP contribution in [0.5, 0.6) is 5.75 Å². The number of carbonyl (C=O) groups excluding carboxylic acids is 1. The molecule has 5 heteroatoms. The predicted octanol–water partition coefficient (Wildman–Crippen LogP) is 3.02. The number of Topliss-reactive ketones (excluding diaryl/α,β-unsaturated/α-hetero) is 1. The number of methoxy groups -OCH3 is 1. The lowest BCUT2D eigenvalue weighted by Crippen LogP contribution is -2.05. The van der Waals surface area contributed by atoms with Crippen LogP contribution >= 0.6 is 27.5 Å². The second-order valence-corrected chi connectivity index (χ2v) is 3.62. The molecule has 0 saturated heterocycles. The Balaban J connectivity index is 3.28. The molecule has 0 aliphatic rings. The molecule has 1 rings (SSSR count). The minimum atomic E-state index is -0.687. The van der Waals surface area contributed by atoms with Crippen molar-refractivity contribution in [2.45, 2.75) is 0 Å². The molecule has 2 nitrogen and oxygen atoms in total. The van der Waals surface area contributed by atoms with Crippen molar-refractivity contribution in [2.75, 3.05) is 13.0 Å². The monoisotopic (exact) mass is 280 g/mol. The topological polar surface area (TPSA) is 26.3 Å². The average molecular weight is 282 g/mol. The van der Waals surface area contributed by atoms with Gasteiger partial charge in [0.15, 0.2) is 17.3 Å². The van der Waals surface area contributed by atoms with E-state index >= 15 is 0 Å². The fourth-order valence-corrected chi connectivity index (χ4v) is 1.62. The summed E-state index contributed by atoms with van der Waals surface area (Å²) < 4.78 is 18.8. The summed E-state index contributed by atoms with van der Waals surface area (Å²) >= 11 is 8.43. The fraction of sp³-hybridized carbons (Fsp3) is 0.222. The van der Waals surface area contributed by atoms with Gasteiger partial charge in [0.2, 0.25) is 0 Å². The van der Waals surface area contributed by atoms with Crippen LogP contribution in [0.4, 0.5) is 4.39 Å². The van der Waals surface area contributed by atoms with Crippen molar-refractivity contribution in [3.8, 4) is 5.75 Å². The molecule has 0 bridgehead atoms. The highest BCUT2D eigenvalue weighted by Crippen LogP contribution is 2.30. The van der Waals surface area contributed by atoms with Gasteiger partial charge < -0.3 is 4.74 Å². The third-order valence-electron chi connectivity index (χ3n) is 1.67. The Morgan fingerprint density at radius 2 is 2.29 bits per heavy atom. The fourth-order valence-electron chi connectivity index (χ4n) is 1.01. The minimum Gasteiger partial charge on any atom is -0.492 e. The molecule has 0 fully saturated rings. The first-order valence-corrected chi connectivity index (χ1v) is 5.05. The molecule has 1 aromatic carbocycles. The van der Waals surface area contributed by atoms with Crippen LogP contribution in [0.1, 0.15) is 10.4 Å². The van der Waals surface area contributed by atoms with Gasteiger partial charge in [-0.3, -0.25) is 4.79 Å². The van der Waals surface area contributed by atoms with Crippen molar-refractivity contribution in [1.82, 2.24) is 0 Å². The first-order valence-electron chi connectivity index (χ1n) is 3.73. The van der Waals surface area contributed by atoms with Crippen LogP contribution in [0.25, 0.3) is 0 Å². The summed E-state index contributed by atoms with van der Waals surface area (Å²) in [4.78, 5) is 11.2. The SMILES string of the molecule is COc1c(Br)ccc(C(=O)CCl)c1F. The lowest BCUT2D eigenvalue weighted by atomic mass is 10.1. The zero-order valence-corrected chi connectivity index (χ0v) is 9.65. The second kappa shape index (κ2) is 4.75. The van der Waals surface area contributed by atoms with E-state index in [1.54, 1.807) is 6.07 Å². The third-order valence-corrected chi connectivity index (χ3v) is 2.54. The summed E-state index contributed by atoms with van der Waals surface area (Å²) in [6.45, 7) is 0. The molecule has 14 heavy (non-hydrogen) atoms. The van der Waals surface area contributed by atoms with E-state index in [1.807, 2.05) is 0 Å². The predicted molar refractivity (Wildman–Crippen MR) is 55.7 cm³/mol. The Labute approximate surface area is 94.1 Å². The van der Waals surface area contributed by atoms with Gasteiger partial charge in [-0.1, -0.05) is 0 Å². The molecule has 0 amide bonds. The maximum Gasteiger partial charge on any atom is 0.180 e. The highest BCUT2D eigenvalue weighted by molar-refractivity contribution is 9.10. The Hall–Kier alpha value is -0.610. The van der Waals surface area contributed by atoms with Gasteiger partial charge in [0.05, 0.1) is 23.0 Å². The van der Waals surface area contributed by atoms with E-state index in [2.05, 4.69) is 15.9 Å². The molecule has 0 aliphatic heterocycles. The normalized spacial score (nSPS) is 10.0. The quantitative estimate of drug-likeness (QED) is 0.629. The van der Waals surface area contributed by atoms with Gasteiger partial charge in [0.25, 0.3) is 0 Å². The summed E-state index contributed by atoms with van der Waals surface area (Å²) in [5.41, 5.74) is -0.0555. The van der Waals surface area contributed by atoms with Gasteiger partial charge in [0.1, 0.15) is 0 Å². The number of rotatable bonds is 3. The number of alkyl halides is 1. The van der Waals surface area contributed by atoms with E-state index in [9.17, 15) is 9.18 Å². The molecular formula is C9H7BrClFO2. The molecule has 0 saturated carbocycles. The van der Waals surface area contributed by atoms with Crippen LogP contribution in [-0.4, -0.2) is 18.8 Å². The van der Waals surface area contributed by atoms with Gasteiger partial charge in [0, 0.05) is 0 Å². The van der Waals surface area contributed by atoms with Crippen molar-refractivity contribution in [2.24, 2.45) is 0 Å². The van der Waals surface area contributed by atoms with Crippen molar-refractivity contribution < 1.29 is 13.9 Å². The van der Waals surface area contributed by atoms with E-state index in [1.165, 1.54) is 13.2 Å².